The molecule has 1 aromatic rings. The molecule has 1 aliphatic carbocycles. The molecule has 0 N–H and O–H groups in total. The van der Waals surface area contributed by atoms with Crippen LogP contribution >= 0.6 is 0 Å². The van der Waals surface area contributed by atoms with Gasteiger partial charge >= 0.3 is 6.18 Å². The average molecular weight is 307 g/mol. The fraction of sp³-hybridized carbons (Fsp3) is 0.500. The first-order chi connectivity index (χ1) is 10.2. The Morgan fingerprint density at radius 2 is 2.00 bits per heavy atom. The van der Waals surface area contributed by atoms with E-state index in [0.717, 1.165) is 24.8 Å². The van der Waals surface area contributed by atoms with Gasteiger partial charge in [-0.15, -0.1) is 0 Å². The van der Waals surface area contributed by atoms with E-state index in [1.54, 1.807) is 12.1 Å². The van der Waals surface area contributed by atoms with Crippen LogP contribution in [0.3, 0.4) is 0 Å². The summed E-state index contributed by atoms with van der Waals surface area (Å²) in [6.45, 7) is 8.06. The molecule has 2 rings (SSSR count). The summed E-state index contributed by atoms with van der Waals surface area (Å²) in [4.78, 5) is 0. The Balaban J connectivity index is 2.39. The summed E-state index contributed by atoms with van der Waals surface area (Å²) in [5.41, 5.74) is 0.652. The number of nitrogens with zero attached hydrogens (tertiary/aromatic N) is 1. The van der Waals surface area contributed by atoms with Crippen molar-refractivity contribution >= 4 is 0 Å². The topological polar surface area (TPSA) is 23.8 Å². The molecule has 0 spiro atoms. The number of alkyl halides is 3. The molecule has 1 fully saturated rings. The Morgan fingerprint density at radius 1 is 1.32 bits per heavy atom. The highest BCUT2D eigenvalue weighted by Gasteiger charge is 2.36. The molecule has 1 saturated carbocycles. The maximum Gasteiger partial charge on any atom is 0.417 e. The minimum absolute atomic E-state index is 0.0873. The van der Waals surface area contributed by atoms with Crippen LogP contribution in [0.1, 0.15) is 55.7 Å². The monoisotopic (exact) mass is 307 g/mol. The zero-order chi connectivity index (χ0) is 16.5. The molecule has 1 aromatic carbocycles. The van der Waals surface area contributed by atoms with E-state index in [2.05, 4.69) is 13.5 Å². The summed E-state index contributed by atoms with van der Waals surface area (Å²) in [7, 11) is 0. The number of hydrogen-bond acceptors (Lipinski definition) is 1. The van der Waals surface area contributed by atoms with Crippen molar-refractivity contribution in [3.63, 3.8) is 0 Å². The first-order valence-electron chi connectivity index (χ1n) is 7.50. The van der Waals surface area contributed by atoms with E-state index in [1.165, 1.54) is 12.1 Å². The maximum atomic E-state index is 13.1. The van der Waals surface area contributed by atoms with E-state index >= 15 is 0 Å². The summed E-state index contributed by atoms with van der Waals surface area (Å²) in [5, 5.41) is 8.89. The minimum atomic E-state index is -4.49. The number of nitriles is 1. The lowest BCUT2D eigenvalue weighted by Crippen LogP contribution is -2.22. The van der Waals surface area contributed by atoms with Crippen LogP contribution in [-0.4, -0.2) is 0 Å². The quantitative estimate of drug-likeness (QED) is 0.645. The molecule has 0 amide bonds. The van der Waals surface area contributed by atoms with E-state index in [0.29, 0.717) is 17.4 Å². The first-order valence-corrected chi connectivity index (χ1v) is 7.50. The number of benzene rings is 1. The summed E-state index contributed by atoms with van der Waals surface area (Å²) >= 11 is 0. The highest BCUT2D eigenvalue weighted by atomic mass is 19.4. The molecule has 0 heterocycles. The SMILES string of the molecule is C=C(C)[C@H]1CC[C@H](C)[C@@H](c2ccc(C#N)c(C(F)(F)F)c2)C1. The second-order valence-electron chi connectivity index (χ2n) is 6.35. The van der Waals surface area contributed by atoms with Gasteiger partial charge in [0, 0.05) is 0 Å². The molecule has 0 saturated heterocycles. The third kappa shape index (κ3) is 3.35. The van der Waals surface area contributed by atoms with Crippen molar-refractivity contribution in [2.24, 2.45) is 11.8 Å². The predicted molar refractivity (Wildman–Crippen MR) is 80.2 cm³/mol. The molecular weight excluding hydrogens is 287 g/mol. The van der Waals surface area contributed by atoms with Crippen LogP contribution in [0, 0.1) is 23.2 Å². The molecule has 1 nitrogen and oxygen atoms in total. The van der Waals surface area contributed by atoms with E-state index in [1.807, 2.05) is 6.92 Å². The van der Waals surface area contributed by atoms with Gasteiger partial charge in [-0.2, -0.15) is 18.4 Å². The van der Waals surface area contributed by atoms with E-state index in [9.17, 15) is 13.2 Å². The molecular formula is C18H20F3N. The highest BCUT2D eigenvalue weighted by molar-refractivity contribution is 5.43. The molecule has 4 heteroatoms. The molecule has 0 unspecified atom stereocenters. The van der Waals surface area contributed by atoms with Gasteiger partial charge in [0.1, 0.15) is 0 Å². The largest absolute Gasteiger partial charge is 0.417 e. The second kappa shape index (κ2) is 6.16. The molecule has 3 atom stereocenters. The van der Waals surface area contributed by atoms with Crippen LogP contribution in [-0.2, 0) is 6.18 Å². The normalized spacial score (nSPS) is 25.5. The summed E-state index contributed by atoms with van der Waals surface area (Å²) < 4.78 is 39.4. The van der Waals surface area contributed by atoms with Gasteiger partial charge in [0.25, 0.3) is 0 Å². The lowest BCUT2D eigenvalue weighted by Gasteiger charge is -2.35. The fourth-order valence-electron chi connectivity index (χ4n) is 3.36. The molecule has 0 aromatic heterocycles. The first kappa shape index (κ1) is 16.6. The summed E-state index contributed by atoms with van der Waals surface area (Å²) in [6, 6.07) is 5.78. The number of rotatable bonds is 2. The molecule has 118 valence electrons. The van der Waals surface area contributed by atoms with Crippen molar-refractivity contribution in [2.75, 3.05) is 0 Å². The highest BCUT2D eigenvalue weighted by Crippen LogP contribution is 2.44. The number of allylic oxidation sites excluding steroid dienone is 1. The lowest BCUT2D eigenvalue weighted by molar-refractivity contribution is -0.137. The molecule has 22 heavy (non-hydrogen) atoms. The Morgan fingerprint density at radius 3 is 2.55 bits per heavy atom. The standard InChI is InChI=1S/C18H20F3N/c1-11(2)13-5-4-12(3)16(8-13)14-6-7-15(10-22)17(9-14)18(19,20)21/h6-7,9,12-13,16H,1,4-5,8H2,2-3H3/t12-,13-,16-/m0/s1. The number of hydrogen-bond donors (Lipinski definition) is 0. The van der Waals surface area contributed by atoms with Gasteiger partial charge in [-0.25, -0.2) is 0 Å². The summed E-state index contributed by atoms with van der Waals surface area (Å²) in [6.07, 6.45) is -1.62. The fourth-order valence-corrected chi connectivity index (χ4v) is 3.36. The van der Waals surface area contributed by atoms with E-state index in [4.69, 9.17) is 5.26 Å². The van der Waals surface area contributed by atoms with Gasteiger partial charge in [-0.1, -0.05) is 25.1 Å². The average Bonchev–Trinajstić information content (AvgIpc) is 2.46. The van der Waals surface area contributed by atoms with Crippen molar-refractivity contribution in [1.82, 2.24) is 0 Å². The van der Waals surface area contributed by atoms with Crippen LogP contribution < -0.4 is 0 Å². The zero-order valence-corrected chi connectivity index (χ0v) is 12.9. The Bertz CT molecular complexity index is 610. The predicted octanol–water partition coefficient (Wildman–Crippen LogP) is 5.67. The molecule has 1 aliphatic rings. The van der Waals surface area contributed by atoms with Gasteiger partial charge in [0.2, 0.25) is 0 Å². The van der Waals surface area contributed by atoms with E-state index in [-0.39, 0.29) is 11.5 Å². The van der Waals surface area contributed by atoms with Crippen LogP contribution in [0.4, 0.5) is 13.2 Å². The smallest absolute Gasteiger partial charge is 0.192 e. The van der Waals surface area contributed by atoms with Crippen LogP contribution in [0.25, 0.3) is 0 Å². The van der Waals surface area contributed by atoms with Crippen molar-refractivity contribution in [1.29, 1.82) is 5.26 Å². The zero-order valence-electron chi connectivity index (χ0n) is 12.9. The Hall–Kier alpha value is -1.76. The third-order valence-electron chi connectivity index (χ3n) is 4.79. The van der Waals surface area contributed by atoms with Gasteiger partial charge in [0.15, 0.2) is 0 Å². The third-order valence-corrected chi connectivity index (χ3v) is 4.79. The van der Waals surface area contributed by atoms with Crippen molar-refractivity contribution in [3.8, 4) is 6.07 Å². The lowest BCUT2D eigenvalue weighted by atomic mass is 9.70. The minimum Gasteiger partial charge on any atom is -0.192 e. The van der Waals surface area contributed by atoms with Gasteiger partial charge < -0.3 is 0 Å². The molecule has 0 bridgehead atoms. The van der Waals surface area contributed by atoms with Crippen molar-refractivity contribution in [2.45, 2.75) is 45.2 Å². The summed E-state index contributed by atoms with van der Waals surface area (Å²) in [5.74, 6) is 0.792. The molecule has 0 radical (unpaired) electrons. The van der Waals surface area contributed by atoms with Crippen molar-refractivity contribution in [3.05, 3.63) is 47.0 Å². The molecule has 0 aliphatic heterocycles. The van der Waals surface area contributed by atoms with Gasteiger partial charge in [-0.3, -0.25) is 0 Å². The van der Waals surface area contributed by atoms with Crippen LogP contribution in [0.15, 0.2) is 30.4 Å². The number of halogens is 3. The van der Waals surface area contributed by atoms with Gasteiger partial charge in [-0.05, 0) is 61.6 Å². The van der Waals surface area contributed by atoms with Gasteiger partial charge in [0.05, 0.1) is 17.2 Å². The maximum absolute atomic E-state index is 13.1. The van der Waals surface area contributed by atoms with Crippen LogP contribution in [0.5, 0.6) is 0 Å². The Kier molecular flexibility index (Phi) is 4.65. The van der Waals surface area contributed by atoms with E-state index < -0.39 is 11.7 Å². The van der Waals surface area contributed by atoms with Crippen molar-refractivity contribution < 1.29 is 13.2 Å². The Labute approximate surface area is 129 Å². The second-order valence-corrected chi connectivity index (χ2v) is 6.35. The van der Waals surface area contributed by atoms with Crippen LogP contribution in [0.2, 0.25) is 0 Å².